The minimum atomic E-state index is -0.885. The number of hydrogen-bond acceptors (Lipinski definition) is 7. The number of fused-ring (bicyclic) bond motifs is 1. The van der Waals surface area contributed by atoms with Crippen LogP contribution in [0.5, 0.6) is 0 Å². The summed E-state index contributed by atoms with van der Waals surface area (Å²) < 4.78 is 0. The number of amides is 2. The van der Waals surface area contributed by atoms with E-state index in [1.807, 2.05) is 0 Å². The summed E-state index contributed by atoms with van der Waals surface area (Å²) in [6.45, 7) is -0.423. The molecular weight excluding hydrogens is 374 g/mol. The first-order valence-electron chi connectivity index (χ1n) is 7.75. The normalized spacial score (nSPS) is 13.0. The van der Waals surface area contributed by atoms with Gasteiger partial charge in [-0.05, 0) is 41.6 Å². The van der Waals surface area contributed by atoms with Crippen LogP contribution >= 0.6 is 11.6 Å². The van der Waals surface area contributed by atoms with Gasteiger partial charge >= 0.3 is 5.97 Å². The van der Waals surface area contributed by atoms with Crippen molar-refractivity contribution in [1.82, 2.24) is 25.3 Å². The molecule has 2 amide bonds. The molecule has 4 rings (SSSR count). The van der Waals surface area contributed by atoms with Gasteiger partial charge in [0.15, 0.2) is 6.54 Å². The smallest absolute Gasteiger partial charge is 0.328 e. The summed E-state index contributed by atoms with van der Waals surface area (Å²) >= 11 is 5.83. The van der Waals surface area contributed by atoms with Crippen molar-refractivity contribution in [3.63, 3.8) is 0 Å². The lowest BCUT2D eigenvalue weighted by atomic mass is 10.1. The Morgan fingerprint density at radius 2 is 1.63 bits per heavy atom. The second-order valence-electron chi connectivity index (χ2n) is 5.56. The van der Waals surface area contributed by atoms with E-state index in [1.165, 1.54) is 12.1 Å². The minimum absolute atomic E-state index is 0.180. The zero-order chi connectivity index (χ0) is 19.0. The number of carbonyl (C=O) groups excluding carboxylic acids is 3. The summed E-state index contributed by atoms with van der Waals surface area (Å²) in [5.41, 5.74) is 1.03. The molecule has 0 saturated heterocycles. The fourth-order valence-electron chi connectivity index (χ4n) is 2.52. The summed E-state index contributed by atoms with van der Waals surface area (Å²) in [7, 11) is 0. The number of nitrogens with zero attached hydrogens (tertiary/aromatic N) is 5. The van der Waals surface area contributed by atoms with Crippen LogP contribution in [0.25, 0.3) is 11.4 Å². The van der Waals surface area contributed by atoms with Crippen molar-refractivity contribution >= 4 is 29.4 Å². The lowest BCUT2D eigenvalue weighted by Crippen LogP contribution is -2.34. The van der Waals surface area contributed by atoms with Crippen LogP contribution < -0.4 is 0 Å². The Labute approximate surface area is 157 Å². The van der Waals surface area contributed by atoms with Crippen LogP contribution in [0.3, 0.4) is 0 Å². The van der Waals surface area contributed by atoms with E-state index in [0.717, 1.165) is 4.80 Å². The Morgan fingerprint density at radius 3 is 2.26 bits per heavy atom. The Hall–Kier alpha value is -3.59. The molecule has 2 aromatic carbocycles. The summed E-state index contributed by atoms with van der Waals surface area (Å²) in [5.74, 6) is -1.99. The largest absolute Gasteiger partial charge is 0.356 e. The molecule has 10 heteroatoms. The first-order chi connectivity index (χ1) is 13.0. The lowest BCUT2D eigenvalue weighted by Gasteiger charge is -2.11. The van der Waals surface area contributed by atoms with Gasteiger partial charge in [-0.25, -0.2) is 4.79 Å². The molecule has 9 nitrogen and oxygen atoms in total. The molecule has 27 heavy (non-hydrogen) atoms. The number of hydroxylamine groups is 2. The number of aromatic nitrogens is 4. The first-order valence-corrected chi connectivity index (χ1v) is 8.13. The topological polar surface area (TPSA) is 107 Å². The molecule has 0 fully saturated rings. The van der Waals surface area contributed by atoms with Gasteiger partial charge in [0.25, 0.3) is 11.8 Å². The highest BCUT2D eigenvalue weighted by atomic mass is 35.5. The van der Waals surface area contributed by atoms with Crippen LogP contribution in [-0.4, -0.2) is 43.1 Å². The number of halogens is 1. The number of carbonyl (C=O) groups is 3. The molecule has 0 unspecified atom stereocenters. The highest BCUT2D eigenvalue weighted by molar-refractivity contribution is 6.30. The molecule has 0 atom stereocenters. The number of rotatable bonds is 4. The van der Waals surface area contributed by atoms with Crippen molar-refractivity contribution in [3.05, 3.63) is 64.7 Å². The maximum Gasteiger partial charge on any atom is 0.356 e. The maximum atomic E-state index is 12.2. The van der Waals surface area contributed by atoms with Gasteiger partial charge < -0.3 is 4.84 Å². The summed E-state index contributed by atoms with van der Waals surface area (Å²) in [5, 5.41) is 12.7. The predicted molar refractivity (Wildman–Crippen MR) is 91.3 cm³/mol. The zero-order valence-electron chi connectivity index (χ0n) is 13.6. The van der Waals surface area contributed by atoms with Crippen molar-refractivity contribution in [1.29, 1.82) is 0 Å². The van der Waals surface area contributed by atoms with Gasteiger partial charge in [0, 0.05) is 10.6 Å². The molecule has 0 radical (unpaired) electrons. The molecule has 0 spiro atoms. The summed E-state index contributed by atoms with van der Waals surface area (Å²) in [6.07, 6.45) is 0. The molecule has 0 saturated carbocycles. The van der Waals surface area contributed by atoms with Gasteiger partial charge in [-0.2, -0.15) is 4.80 Å². The molecule has 0 bridgehead atoms. The lowest BCUT2D eigenvalue weighted by molar-refractivity contribution is -0.169. The fraction of sp³-hybridized carbons (Fsp3) is 0.0588. The van der Waals surface area contributed by atoms with Crippen molar-refractivity contribution in [2.45, 2.75) is 6.54 Å². The van der Waals surface area contributed by atoms with Crippen molar-refractivity contribution in [3.8, 4) is 11.4 Å². The Kier molecular flexibility index (Phi) is 4.13. The van der Waals surface area contributed by atoms with Crippen LogP contribution in [0.2, 0.25) is 5.02 Å². The Balaban J connectivity index is 1.44. The summed E-state index contributed by atoms with van der Waals surface area (Å²) in [6, 6.07) is 13.0. The molecule has 134 valence electrons. The quantitative estimate of drug-likeness (QED) is 0.631. The Morgan fingerprint density at radius 1 is 1.00 bits per heavy atom. The number of hydrogen-bond donors (Lipinski definition) is 0. The SMILES string of the molecule is O=C(Cn1nnc(-c2ccc(Cl)cc2)n1)ON1C(=O)c2ccccc2C1=O. The van der Waals surface area contributed by atoms with Crippen LogP contribution in [0, 0.1) is 0 Å². The third-order valence-corrected chi connectivity index (χ3v) is 4.03. The molecular formula is C17H10ClN5O4. The number of tetrazole rings is 1. The van der Waals surface area contributed by atoms with E-state index in [-0.39, 0.29) is 11.1 Å². The number of imide groups is 1. The van der Waals surface area contributed by atoms with E-state index < -0.39 is 24.3 Å². The van der Waals surface area contributed by atoms with E-state index in [9.17, 15) is 14.4 Å². The molecule has 0 N–H and O–H groups in total. The van der Waals surface area contributed by atoms with Crippen molar-refractivity contribution in [2.75, 3.05) is 0 Å². The molecule has 3 aromatic rings. The molecule has 1 aliphatic heterocycles. The van der Waals surface area contributed by atoms with Gasteiger partial charge in [0.05, 0.1) is 11.1 Å². The monoisotopic (exact) mass is 383 g/mol. The van der Waals surface area contributed by atoms with Crippen molar-refractivity contribution in [2.24, 2.45) is 0 Å². The van der Waals surface area contributed by atoms with Crippen molar-refractivity contribution < 1.29 is 19.2 Å². The zero-order valence-corrected chi connectivity index (χ0v) is 14.3. The van der Waals surface area contributed by atoms with E-state index in [4.69, 9.17) is 16.4 Å². The van der Waals surface area contributed by atoms with Gasteiger partial charge in [0.2, 0.25) is 5.82 Å². The fourth-order valence-corrected chi connectivity index (χ4v) is 2.65. The second kappa shape index (κ2) is 6.61. The number of benzene rings is 2. The van der Waals surface area contributed by atoms with Crippen LogP contribution in [0.4, 0.5) is 0 Å². The van der Waals surface area contributed by atoms with Gasteiger partial charge in [-0.3, -0.25) is 9.59 Å². The van der Waals surface area contributed by atoms with E-state index in [0.29, 0.717) is 21.5 Å². The van der Waals surface area contributed by atoms with Gasteiger partial charge in [0.1, 0.15) is 0 Å². The van der Waals surface area contributed by atoms with E-state index >= 15 is 0 Å². The first kappa shape index (κ1) is 16.9. The minimum Gasteiger partial charge on any atom is -0.328 e. The van der Waals surface area contributed by atoms with Crippen LogP contribution in [-0.2, 0) is 16.2 Å². The average Bonchev–Trinajstić information content (AvgIpc) is 3.22. The van der Waals surface area contributed by atoms with Crippen LogP contribution in [0.15, 0.2) is 48.5 Å². The maximum absolute atomic E-state index is 12.2. The third-order valence-electron chi connectivity index (χ3n) is 3.78. The van der Waals surface area contributed by atoms with Crippen LogP contribution in [0.1, 0.15) is 20.7 Å². The highest BCUT2D eigenvalue weighted by Gasteiger charge is 2.38. The molecule has 1 aromatic heterocycles. The average molecular weight is 384 g/mol. The third kappa shape index (κ3) is 3.15. The predicted octanol–water partition coefficient (Wildman–Crippen LogP) is 1.75. The standard InChI is InChI=1S/C17H10ClN5O4/c18-11-7-5-10(6-8-11)15-19-21-22(20-15)9-14(24)27-23-16(25)12-3-1-2-4-13(12)17(23)26/h1-8H,9H2. The van der Waals surface area contributed by atoms with E-state index in [2.05, 4.69) is 15.4 Å². The molecule has 1 aliphatic rings. The molecule has 0 aliphatic carbocycles. The van der Waals surface area contributed by atoms with Gasteiger partial charge in [-0.1, -0.05) is 28.8 Å². The highest BCUT2D eigenvalue weighted by Crippen LogP contribution is 2.22. The molecule has 2 heterocycles. The second-order valence-corrected chi connectivity index (χ2v) is 6.00. The van der Waals surface area contributed by atoms with Gasteiger partial charge in [-0.15, -0.1) is 10.2 Å². The summed E-state index contributed by atoms with van der Waals surface area (Å²) in [4.78, 5) is 42.4. The van der Waals surface area contributed by atoms with E-state index in [1.54, 1.807) is 36.4 Å². The Bertz CT molecular complexity index is 1030.